The van der Waals surface area contributed by atoms with Crippen molar-refractivity contribution in [3.63, 3.8) is 0 Å². The highest BCUT2D eigenvalue weighted by atomic mass is 15.3. The lowest BCUT2D eigenvalue weighted by atomic mass is 9.91. The van der Waals surface area contributed by atoms with Crippen LogP contribution < -0.4 is 5.32 Å². The minimum Gasteiger partial charge on any atom is -0.309 e. The van der Waals surface area contributed by atoms with Gasteiger partial charge < -0.3 is 5.32 Å². The van der Waals surface area contributed by atoms with E-state index < -0.39 is 0 Å². The zero-order valence-electron chi connectivity index (χ0n) is 12.1. The Morgan fingerprint density at radius 1 is 1.39 bits per heavy atom. The fraction of sp³-hybridized carbons (Fsp3) is 0.625. The van der Waals surface area contributed by atoms with E-state index in [0.717, 1.165) is 13.1 Å². The van der Waals surface area contributed by atoms with Crippen molar-refractivity contribution in [3.05, 3.63) is 35.9 Å². The predicted octanol–water partition coefficient (Wildman–Crippen LogP) is 3.21. The molecule has 1 saturated heterocycles. The van der Waals surface area contributed by atoms with E-state index >= 15 is 0 Å². The molecule has 0 spiro atoms. The van der Waals surface area contributed by atoms with Gasteiger partial charge in [0.05, 0.1) is 0 Å². The second-order valence-electron chi connectivity index (χ2n) is 5.90. The van der Waals surface area contributed by atoms with Crippen molar-refractivity contribution in [2.45, 2.75) is 51.7 Å². The summed E-state index contributed by atoms with van der Waals surface area (Å²) in [5.74, 6) is 0. The van der Waals surface area contributed by atoms with Crippen molar-refractivity contribution in [2.75, 3.05) is 13.1 Å². The number of hydrogen-bond acceptors (Lipinski definition) is 2. The maximum Gasteiger partial charge on any atom is 0.0324 e. The van der Waals surface area contributed by atoms with E-state index in [1.165, 1.54) is 12.0 Å². The van der Waals surface area contributed by atoms with Gasteiger partial charge in [-0.3, -0.25) is 4.90 Å². The molecule has 1 aromatic rings. The predicted molar refractivity (Wildman–Crippen MR) is 77.7 cm³/mol. The fourth-order valence-electron chi connectivity index (χ4n) is 2.80. The minimum atomic E-state index is 0.259. The molecule has 0 aliphatic carbocycles. The van der Waals surface area contributed by atoms with Crippen LogP contribution in [0.15, 0.2) is 30.3 Å². The molecule has 0 radical (unpaired) electrons. The molecule has 1 aliphatic rings. The summed E-state index contributed by atoms with van der Waals surface area (Å²) in [6.07, 6.45) is 1.18. The lowest BCUT2D eigenvalue weighted by molar-refractivity contribution is 0.0597. The van der Waals surface area contributed by atoms with E-state index in [9.17, 15) is 0 Å². The summed E-state index contributed by atoms with van der Waals surface area (Å²) in [7, 11) is 0. The lowest BCUT2D eigenvalue weighted by Gasteiger charge is -2.47. The third-order valence-electron chi connectivity index (χ3n) is 4.48. The van der Waals surface area contributed by atoms with Crippen molar-refractivity contribution < 1.29 is 0 Å². The van der Waals surface area contributed by atoms with Gasteiger partial charge in [-0.15, -0.1) is 0 Å². The molecule has 1 fully saturated rings. The average molecular weight is 246 g/mol. The van der Waals surface area contributed by atoms with E-state index in [-0.39, 0.29) is 5.54 Å². The average Bonchev–Trinajstić information content (AvgIpc) is 2.42. The van der Waals surface area contributed by atoms with Crippen molar-refractivity contribution in [1.29, 1.82) is 0 Å². The molecule has 18 heavy (non-hydrogen) atoms. The van der Waals surface area contributed by atoms with Crippen LogP contribution in [0.1, 0.15) is 45.7 Å². The van der Waals surface area contributed by atoms with E-state index in [1.807, 2.05) is 0 Å². The molecule has 100 valence electrons. The maximum atomic E-state index is 3.69. The number of nitrogens with zero attached hydrogens (tertiary/aromatic N) is 1. The van der Waals surface area contributed by atoms with Gasteiger partial charge in [0.2, 0.25) is 0 Å². The molecular weight excluding hydrogens is 220 g/mol. The van der Waals surface area contributed by atoms with Crippen LogP contribution in [0.25, 0.3) is 0 Å². The van der Waals surface area contributed by atoms with Crippen LogP contribution in [0.5, 0.6) is 0 Å². The Bertz CT molecular complexity index is 376. The molecule has 1 aromatic carbocycles. The number of hydrogen-bond donors (Lipinski definition) is 1. The standard InChI is InChI=1S/C16H26N2/c1-5-16(4)12-18(13(2)11-17-16)14(3)15-9-7-6-8-10-15/h6-10,13-14,17H,5,11-12H2,1-4H3. The lowest BCUT2D eigenvalue weighted by Crippen LogP contribution is -2.62. The molecule has 0 aromatic heterocycles. The van der Waals surface area contributed by atoms with Gasteiger partial charge >= 0.3 is 0 Å². The highest BCUT2D eigenvalue weighted by Crippen LogP contribution is 2.28. The van der Waals surface area contributed by atoms with Gasteiger partial charge in [-0.1, -0.05) is 37.3 Å². The van der Waals surface area contributed by atoms with Crippen molar-refractivity contribution in [2.24, 2.45) is 0 Å². The molecular formula is C16H26N2. The highest BCUT2D eigenvalue weighted by Gasteiger charge is 2.34. The van der Waals surface area contributed by atoms with Gasteiger partial charge in [-0.05, 0) is 32.8 Å². The molecule has 1 heterocycles. The zero-order chi connectivity index (χ0) is 13.2. The first-order valence-corrected chi connectivity index (χ1v) is 7.11. The second-order valence-corrected chi connectivity index (χ2v) is 5.90. The molecule has 3 unspecified atom stereocenters. The molecule has 1 N–H and O–H groups in total. The monoisotopic (exact) mass is 246 g/mol. The van der Waals surface area contributed by atoms with Crippen LogP contribution >= 0.6 is 0 Å². The molecule has 0 bridgehead atoms. The quantitative estimate of drug-likeness (QED) is 0.881. The van der Waals surface area contributed by atoms with Crippen LogP contribution in [-0.2, 0) is 0 Å². The topological polar surface area (TPSA) is 15.3 Å². The molecule has 2 rings (SSSR count). The summed E-state index contributed by atoms with van der Waals surface area (Å²) < 4.78 is 0. The molecule has 2 heteroatoms. The number of rotatable bonds is 3. The summed E-state index contributed by atoms with van der Waals surface area (Å²) in [5.41, 5.74) is 1.68. The van der Waals surface area contributed by atoms with Crippen molar-refractivity contribution in [3.8, 4) is 0 Å². The van der Waals surface area contributed by atoms with Gasteiger partial charge in [0, 0.05) is 30.7 Å². The summed E-state index contributed by atoms with van der Waals surface area (Å²) >= 11 is 0. The van der Waals surface area contributed by atoms with Crippen LogP contribution in [-0.4, -0.2) is 29.6 Å². The Kier molecular flexibility index (Phi) is 4.08. The molecule has 1 aliphatic heterocycles. The second kappa shape index (κ2) is 5.41. The maximum absolute atomic E-state index is 3.69. The van der Waals surface area contributed by atoms with Crippen LogP contribution in [0.3, 0.4) is 0 Å². The summed E-state index contributed by atoms with van der Waals surface area (Å²) in [6.45, 7) is 11.5. The van der Waals surface area contributed by atoms with Gasteiger partial charge in [-0.2, -0.15) is 0 Å². The summed E-state index contributed by atoms with van der Waals surface area (Å²) in [5, 5.41) is 3.69. The van der Waals surface area contributed by atoms with Crippen LogP contribution in [0, 0.1) is 0 Å². The number of piperazine rings is 1. The fourth-order valence-corrected chi connectivity index (χ4v) is 2.80. The molecule has 0 amide bonds. The van der Waals surface area contributed by atoms with Crippen LogP contribution in [0.2, 0.25) is 0 Å². The first-order chi connectivity index (χ1) is 8.56. The van der Waals surface area contributed by atoms with Gasteiger partial charge in [0.1, 0.15) is 0 Å². The molecule has 0 saturated carbocycles. The van der Waals surface area contributed by atoms with E-state index in [2.05, 4.69) is 68.2 Å². The zero-order valence-corrected chi connectivity index (χ0v) is 12.1. The van der Waals surface area contributed by atoms with E-state index in [0.29, 0.717) is 12.1 Å². The largest absolute Gasteiger partial charge is 0.309 e. The smallest absolute Gasteiger partial charge is 0.0324 e. The first kappa shape index (κ1) is 13.6. The highest BCUT2D eigenvalue weighted by molar-refractivity contribution is 5.19. The Morgan fingerprint density at radius 2 is 2.06 bits per heavy atom. The Hall–Kier alpha value is -0.860. The Morgan fingerprint density at radius 3 is 2.67 bits per heavy atom. The minimum absolute atomic E-state index is 0.259. The van der Waals surface area contributed by atoms with E-state index in [4.69, 9.17) is 0 Å². The molecule has 2 nitrogen and oxygen atoms in total. The van der Waals surface area contributed by atoms with Crippen molar-refractivity contribution >= 4 is 0 Å². The summed E-state index contributed by atoms with van der Waals surface area (Å²) in [6, 6.07) is 11.9. The third kappa shape index (κ3) is 2.76. The first-order valence-electron chi connectivity index (χ1n) is 7.11. The SMILES string of the molecule is CCC1(C)CN(C(C)c2ccccc2)C(C)CN1. The summed E-state index contributed by atoms with van der Waals surface area (Å²) in [4.78, 5) is 2.63. The Balaban J connectivity index is 2.15. The third-order valence-corrected chi connectivity index (χ3v) is 4.48. The number of nitrogens with one attached hydrogen (secondary N) is 1. The Labute approximate surface area is 111 Å². The molecule has 3 atom stereocenters. The van der Waals surface area contributed by atoms with Crippen LogP contribution in [0.4, 0.5) is 0 Å². The van der Waals surface area contributed by atoms with Gasteiger partial charge in [-0.25, -0.2) is 0 Å². The van der Waals surface area contributed by atoms with Gasteiger partial charge in [0.15, 0.2) is 0 Å². The van der Waals surface area contributed by atoms with E-state index in [1.54, 1.807) is 0 Å². The van der Waals surface area contributed by atoms with Crippen molar-refractivity contribution in [1.82, 2.24) is 10.2 Å². The normalized spacial score (nSPS) is 31.2. The van der Waals surface area contributed by atoms with Gasteiger partial charge in [0.25, 0.3) is 0 Å². The number of benzene rings is 1.